The first-order chi connectivity index (χ1) is 14.2. The van der Waals surface area contributed by atoms with E-state index < -0.39 is 0 Å². The summed E-state index contributed by atoms with van der Waals surface area (Å²) in [6, 6.07) is 7.80. The number of amides is 2. The smallest absolute Gasteiger partial charge is 0.223 e. The summed E-state index contributed by atoms with van der Waals surface area (Å²) in [5.74, 6) is -0.00317. The maximum Gasteiger partial charge on any atom is 0.223 e. The van der Waals surface area contributed by atoms with E-state index in [1.54, 1.807) is 24.8 Å². The van der Waals surface area contributed by atoms with E-state index in [-0.39, 0.29) is 17.7 Å². The summed E-state index contributed by atoms with van der Waals surface area (Å²) in [7, 11) is 0. The standard InChI is InChI=1S/C22H29N5O2/c28-21-8-15-27(17-19-5-11-24-12-6-19)14-1-2-20(7-13-25-21)22(29)26-16-18-3-9-23-10-4-18/h3-6,9-12,20H,1-2,7-8,13-17H2,(H,25,28)(H,26,29). The van der Waals surface area contributed by atoms with Crippen molar-refractivity contribution in [3.63, 3.8) is 0 Å². The SMILES string of the molecule is O=C1CCN(Cc2ccncc2)CCCC(C(=O)NCc2ccncc2)CCN1. The summed E-state index contributed by atoms with van der Waals surface area (Å²) in [6.07, 6.45) is 9.90. The lowest BCUT2D eigenvalue weighted by Gasteiger charge is -2.22. The van der Waals surface area contributed by atoms with Crippen molar-refractivity contribution in [3.05, 3.63) is 60.2 Å². The van der Waals surface area contributed by atoms with E-state index in [1.165, 1.54) is 5.56 Å². The second kappa shape index (κ2) is 11.3. The van der Waals surface area contributed by atoms with Crippen LogP contribution in [0.1, 0.15) is 36.8 Å². The predicted octanol–water partition coefficient (Wildman–Crippen LogP) is 1.90. The van der Waals surface area contributed by atoms with E-state index in [0.717, 1.165) is 31.5 Å². The molecule has 0 radical (unpaired) electrons. The maximum atomic E-state index is 12.7. The molecule has 0 spiro atoms. The van der Waals surface area contributed by atoms with E-state index in [2.05, 4.69) is 25.5 Å². The molecule has 7 heteroatoms. The van der Waals surface area contributed by atoms with Crippen LogP contribution >= 0.6 is 0 Å². The number of nitrogens with zero attached hydrogens (tertiary/aromatic N) is 3. The Morgan fingerprint density at radius 1 is 1.03 bits per heavy atom. The van der Waals surface area contributed by atoms with Crippen LogP contribution in [-0.2, 0) is 22.7 Å². The summed E-state index contributed by atoms with van der Waals surface area (Å²) >= 11 is 0. The molecule has 0 aromatic carbocycles. The van der Waals surface area contributed by atoms with Crippen molar-refractivity contribution in [2.24, 2.45) is 5.92 Å². The van der Waals surface area contributed by atoms with Crippen molar-refractivity contribution in [3.8, 4) is 0 Å². The number of carbonyl (C=O) groups is 2. The van der Waals surface area contributed by atoms with Crippen molar-refractivity contribution in [1.82, 2.24) is 25.5 Å². The molecule has 2 amide bonds. The molecular weight excluding hydrogens is 366 g/mol. The number of nitrogens with one attached hydrogen (secondary N) is 2. The minimum Gasteiger partial charge on any atom is -0.356 e. The van der Waals surface area contributed by atoms with Crippen LogP contribution in [-0.4, -0.2) is 46.3 Å². The fourth-order valence-corrected chi connectivity index (χ4v) is 3.55. The number of hydrogen-bond donors (Lipinski definition) is 2. The summed E-state index contributed by atoms with van der Waals surface area (Å²) in [4.78, 5) is 35.2. The molecule has 2 aromatic rings. The van der Waals surface area contributed by atoms with Crippen molar-refractivity contribution in [1.29, 1.82) is 0 Å². The molecule has 1 aliphatic heterocycles. The number of hydrogen-bond acceptors (Lipinski definition) is 5. The molecule has 1 fully saturated rings. The Kier molecular flexibility index (Phi) is 8.12. The van der Waals surface area contributed by atoms with Gasteiger partial charge in [0.1, 0.15) is 0 Å². The van der Waals surface area contributed by atoms with Gasteiger partial charge in [-0.1, -0.05) is 0 Å². The van der Waals surface area contributed by atoms with Crippen molar-refractivity contribution in [2.45, 2.75) is 38.8 Å². The molecule has 2 aromatic heterocycles. The lowest BCUT2D eigenvalue weighted by Crippen LogP contribution is -2.33. The molecule has 3 rings (SSSR count). The van der Waals surface area contributed by atoms with Crippen LogP contribution in [0.4, 0.5) is 0 Å². The topological polar surface area (TPSA) is 87.2 Å². The van der Waals surface area contributed by atoms with Crippen molar-refractivity contribution < 1.29 is 9.59 Å². The average Bonchev–Trinajstić information content (AvgIpc) is 2.79. The molecule has 1 saturated heterocycles. The third-order valence-corrected chi connectivity index (χ3v) is 5.24. The highest BCUT2D eigenvalue weighted by molar-refractivity contribution is 5.79. The molecule has 1 atom stereocenters. The van der Waals surface area contributed by atoms with E-state index in [1.807, 2.05) is 24.3 Å². The molecule has 0 bridgehead atoms. The Labute approximate surface area is 171 Å². The van der Waals surface area contributed by atoms with Crippen LogP contribution in [0, 0.1) is 5.92 Å². The first kappa shape index (κ1) is 20.9. The maximum absolute atomic E-state index is 12.7. The van der Waals surface area contributed by atoms with Crippen LogP contribution < -0.4 is 10.6 Å². The highest BCUT2D eigenvalue weighted by atomic mass is 16.2. The zero-order valence-electron chi connectivity index (χ0n) is 16.7. The molecular formula is C22H29N5O2. The second-order valence-electron chi connectivity index (χ2n) is 7.43. The first-order valence-corrected chi connectivity index (χ1v) is 10.3. The van der Waals surface area contributed by atoms with Crippen LogP contribution in [0.3, 0.4) is 0 Å². The number of carbonyl (C=O) groups excluding carboxylic acids is 2. The minimum absolute atomic E-state index is 0.0440. The molecule has 1 aliphatic rings. The largest absolute Gasteiger partial charge is 0.356 e. The Bertz CT molecular complexity index is 769. The molecule has 0 saturated carbocycles. The van der Waals surface area contributed by atoms with Crippen molar-refractivity contribution >= 4 is 11.8 Å². The summed E-state index contributed by atoms with van der Waals surface area (Å²) in [5, 5.41) is 5.99. The van der Waals surface area contributed by atoms with Gasteiger partial charge < -0.3 is 10.6 Å². The second-order valence-corrected chi connectivity index (χ2v) is 7.43. The first-order valence-electron chi connectivity index (χ1n) is 10.3. The van der Waals surface area contributed by atoms with Gasteiger partial charge in [0.15, 0.2) is 0 Å². The van der Waals surface area contributed by atoms with Crippen LogP contribution in [0.2, 0.25) is 0 Å². The Balaban J connectivity index is 1.56. The lowest BCUT2D eigenvalue weighted by atomic mass is 9.98. The fourth-order valence-electron chi connectivity index (χ4n) is 3.55. The van der Waals surface area contributed by atoms with Gasteiger partial charge in [-0.15, -0.1) is 0 Å². The van der Waals surface area contributed by atoms with Gasteiger partial charge in [-0.2, -0.15) is 0 Å². The Morgan fingerprint density at radius 3 is 2.45 bits per heavy atom. The molecule has 29 heavy (non-hydrogen) atoms. The molecule has 1 unspecified atom stereocenters. The van der Waals surface area contributed by atoms with Crippen LogP contribution in [0.5, 0.6) is 0 Å². The van der Waals surface area contributed by atoms with Gasteiger partial charge in [0, 0.05) is 63.3 Å². The van der Waals surface area contributed by atoms with E-state index in [4.69, 9.17) is 0 Å². The predicted molar refractivity (Wildman–Crippen MR) is 111 cm³/mol. The number of pyridine rings is 2. The van der Waals surface area contributed by atoms with Gasteiger partial charge in [-0.3, -0.25) is 24.5 Å². The van der Waals surface area contributed by atoms with Crippen molar-refractivity contribution in [2.75, 3.05) is 19.6 Å². The highest BCUT2D eigenvalue weighted by Gasteiger charge is 2.20. The van der Waals surface area contributed by atoms with Gasteiger partial charge in [-0.05, 0) is 61.2 Å². The molecule has 7 nitrogen and oxygen atoms in total. The zero-order valence-corrected chi connectivity index (χ0v) is 16.7. The van der Waals surface area contributed by atoms with Crippen LogP contribution in [0.25, 0.3) is 0 Å². The molecule has 0 aliphatic carbocycles. The lowest BCUT2D eigenvalue weighted by molar-refractivity contribution is -0.126. The van der Waals surface area contributed by atoms with E-state index >= 15 is 0 Å². The average molecular weight is 396 g/mol. The van der Waals surface area contributed by atoms with Gasteiger partial charge in [-0.25, -0.2) is 0 Å². The normalized spacial score (nSPS) is 19.0. The highest BCUT2D eigenvalue weighted by Crippen LogP contribution is 2.15. The minimum atomic E-state index is -0.0991. The zero-order chi connectivity index (χ0) is 20.3. The van der Waals surface area contributed by atoms with Gasteiger partial charge in [0.2, 0.25) is 11.8 Å². The Hall–Kier alpha value is -2.80. The summed E-state index contributed by atoms with van der Waals surface area (Å²) in [6.45, 7) is 3.40. The number of rotatable bonds is 5. The fraction of sp³-hybridized carbons (Fsp3) is 0.455. The van der Waals surface area contributed by atoms with Crippen LogP contribution in [0.15, 0.2) is 49.1 Å². The summed E-state index contributed by atoms with van der Waals surface area (Å²) < 4.78 is 0. The third kappa shape index (κ3) is 7.27. The Morgan fingerprint density at radius 2 is 1.72 bits per heavy atom. The number of aromatic nitrogens is 2. The van der Waals surface area contributed by atoms with E-state index in [9.17, 15) is 9.59 Å². The monoisotopic (exact) mass is 395 g/mol. The van der Waals surface area contributed by atoms with Gasteiger partial charge >= 0.3 is 0 Å². The van der Waals surface area contributed by atoms with E-state index in [0.29, 0.717) is 32.5 Å². The van der Waals surface area contributed by atoms with Gasteiger partial charge in [0.05, 0.1) is 0 Å². The summed E-state index contributed by atoms with van der Waals surface area (Å²) in [5.41, 5.74) is 2.21. The molecule has 3 heterocycles. The van der Waals surface area contributed by atoms with Gasteiger partial charge in [0.25, 0.3) is 0 Å². The molecule has 154 valence electrons. The third-order valence-electron chi connectivity index (χ3n) is 5.24. The quantitative estimate of drug-likeness (QED) is 0.807. The molecule has 2 N–H and O–H groups in total.